The summed E-state index contributed by atoms with van der Waals surface area (Å²) in [5, 5.41) is 4.92. The average Bonchev–Trinajstić information content (AvgIpc) is 2.93. The summed E-state index contributed by atoms with van der Waals surface area (Å²) >= 11 is 3.08. The molecule has 0 saturated heterocycles. The molecule has 6 nitrogen and oxygen atoms in total. The molecule has 116 valence electrons. The highest BCUT2D eigenvalue weighted by atomic mass is 79.9. The van der Waals surface area contributed by atoms with Gasteiger partial charge in [-0.15, -0.1) is 0 Å². The van der Waals surface area contributed by atoms with Gasteiger partial charge in [-0.1, -0.05) is 0 Å². The number of rotatable bonds is 5. The highest BCUT2D eigenvalue weighted by molar-refractivity contribution is 9.10. The van der Waals surface area contributed by atoms with E-state index in [4.69, 9.17) is 9.15 Å². The number of halogens is 2. The lowest BCUT2D eigenvalue weighted by Gasteiger charge is -2.10. The van der Waals surface area contributed by atoms with E-state index >= 15 is 0 Å². The van der Waals surface area contributed by atoms with Crippen LogP contribution in [-0.4, -0.2) is 25.5 Å². The fourth-order valence-electron chi connectivity index (χ4n) is 1.65. The van der Waals surface area contributed by atoms with Crippen molar-refractivity contribution in [3.05, 3.63) is 46.6 Å². The van der Waals surface area contributed by atoms with Gasteiger partial charge in [0.05, 0.1) is 19.3 Å². The van der Waals surface area contributed by atoms with Crippen LogP contribution in [0, 0.1) is 5.82 Å². The van der Waals surface area contributed by atoms with Gasteiger partial charge in [-0.05, 0) is 40.2 Å². The van der Waals surface area contributed by atoms with E-state index in [9.17, 15) is 14.0 Å². The Morgan fingerprint density at radius 3 is 2.73 bits per heavy atom. The zero-order valence-corrected chi connectivity index (χ0v) is 13.1. The quantitative estimate of drug-likeness (QED) is 0.847. The van der Waals surface area contributed by atoms with Gasteiger partial charge in [0.2, 0.25) is 5.91 Å². The molecule has 0 aliphatic rings. The van der Waals surface area contributed by atoms with E-state index in [2.05, 4.69) is 26.6 Å². The maximum Gasteiger partial charge on any atom is 0.287 e. The summed E-state index contributed by atoms with van der Waals surface area (Å²) < 4.78 is 23.5. The molecule has 1 aromatic carbocycles. The monoisotopic (exact) mass is 370 g/mol. The van der Waals surface area contributed by atoms with Crippen LogP contribution in [0.5, 0.6) is 5.75 Å². The summed E-state index contributed by atoms with van der Waals surface area (Å²) in [5.41, 5.74) is 0.309. The number of carbonyl (C=O) groups excluding carboxylic acids is 2. The molecule has 0 aliphatic heterocycles. The molecule has 22 heavy (non-hydrogen) atoms. The maximum absolute atomic E-state index is 13.1. The topological polar surface area (TPSA) is 80.6 Å². The summed E-state index contributed by atoms with van der Waals surface area (Å²) in [5.74, 6) is -1.21. The molecule has 0 spiro atoms. The van der Waals surface area contributed by atoms with Crippen LogP contribution in [0.1, 0.15) is 10.6 Å². The van der Waals surface area contributed by atoms with Crippen molar-refractivity contribution in [3.8, 4) is 5.75 Å². The second-order valence-corrected chi connectivity index (χ2v) is 4.96. The first-order valence-electron chi connectivity index (χ1n) is 6.16. The van der Waals surface area contributed by atoms with Crippen LogP contribution in [0.25, 0.3) is 0 Å². The molecule has 2 aromatic rings. The lowest BCUT2D eigenvalue weighted by molar-refractivity contribution is -0.115. The number of furan rings is 1. The molecular formula is C14H12BrFN2O4. The Hall–Kier alpha value is -2.35. The zero-order chi connectivity index (χ0) is 16.1. The summed E-state index contributed by atoms with van der Waals surface area (Å²) in [6.45, 7) is -0.266. The molecule has 2 amide bonds. The van der Waals surface area contributed by atoms with Crippen LogP contribution >= 0.6 is 15.9 Å². The van der Waals surface area contributed by atoms with Crippen molar-refractivity contribution in [1.82, 2.24) is 5.32 Å². The summed E-state index contributed by atoms with van der Waals surface area (Å²) in [6, 6.07) is 6.75. The lowest BCUT2D eigenvalue weighted by Crippen LogP contribution is -2.32. The first-order valence-corrected chi connectivity index (χ1v) is 6.96. The Labute approximate surface area is 133 Å². The van der Waals surface area contributed by atoms with Gasteiger partial charge in [-0.3, -0.25) is 9.59 Å². The van der Waals surface area contributed by atoms with Crippen molar-refractivity contribution in [2.45, 2.75) is 0 Å². The van der Waals surface area contributed by atoms with E-state index in [1.165, 1.54) is 25.3 Å². The predicted molar refractivity (Wildman–Crippen MR) is 80.3 cm³/mol. The third kappa shape index (κ3) is 4.08. The number of nitrogens with one attached hydrogen (secondary N) is 2. The molecule has 1 heterocycles. The fraction of sp³-hybridized carbons (Fsp3) is 0.143. The number of carbonyl (C=O) groups is 2. The highest BCUT2D eigenvalue weighted by Crippen LogP contribution is 2.24. The number of amides is 2. The molecule has 0 radical (unpaired) electrons. The first-order chi connectivity index (χ1) is 10.5. The number of hydrogen-bond acceptors (Lipinski definition) is 4. The van der Waals surface area contributed by atoms with Gasteiger partial charge in [-0.25, -0.2) is 4.39 Å². The normalized spacial score (nSPS) is 10.1. The van der Waals surface area contributed by atoms with Gasteiger partial charge in [0.15, 0.2) is 10.4 Å². The van der Waals surface area contributed by atoms with E-state index in [-0.39, 0.29) is 18.1 Å². The first kappa shape index (κ1) is 16.0. The zero-order valence-electron chi connectivity index (χ0n) is 11.5. The van der Waals surface area contributed by atoms with Crippen LogP contribution in [0.15, 0.2) is 39.4 Å². The van der Waals surface area contributed by atoms with Crippen molar-refractivity contribution in [1.29, 1.82) is 0 Å². The fourth-order valence-corrected chi connectivity index (χ4v) is 1.95. The minimum Gasteiger partial charge on any atom is -0.494 e. The minimum atomic E-state index is -0.521. The van der Waals surface area contributed by atoms with Crippen molar-refractivity contribution < 1.29 is 23.1 Å². The Morgan fingerprint density at radius 1 is 1.32 bits per heavy atom. The smallest absolute Gasteiger partial charge is 0.287 e. The van der Waals surface area contributed by atoms with Crippen LogP contribution in [0.2, 0.25) is 0 Å². The molecule has 0 bridgehead atoms. The van der Waals surface area contributed by atoms with Gasteiger partial charge >= 0.3 is 0 Å². The highest BCUT2D eigenvalue weighted by Gasteiger charge is 2.13. The standard InChI is InChI=1S/C14H12BrFN2O4/c1-21-11-6-8(16)2-3-9(11)18-13(19)7-17-14(20)10-4-5-12(15)22-10/h2-6H,7H2,1H3,(H,17,20)(H,18,19). The minimum absolute atomic E-state index is 0.0824. The SMILES string of the molecule is COc1cc(F)ccc1NC(=O)CNC(=O)c1ccc(Br)o1. The van der Waals surface area contributed by atoms with E-state index < -0.39 is 17.6 Å². The third-order valence-electron chi connectivity index (χ3n) is 2.64. The van der Waals surface area contributed by atoms with Crippen molar-refractivity contribution in [2.24, 2.45) is 0 Å². The lowest BCUT2D eigenvalue weighted by atomic mass is 10.3. The summed E-state index contributed by atoms with van der Waals surface area (Å²) in [7, 11) is 1.36. The predicted octanol–water partition coefficient (Wildman–Crippen LogP) is 2.56. The molecule has 0 unspecified atom stereocenters. The van der Waals surface area contributed by atoms with E-state index in [0.717, 1.165) is 6.07 Å². The van der Waals surface area contributed by atoms with Crippen LogP contribution in [-0.2, 0) is 4.79 Å². The number of anilines is 1. The Morgan fingerprint density at radius 2 is 2.09 bits per heavy atom. The molecule has 0 atom stereocenters. The number of ether oxygens (including phenoxy) is 1. The molecule has 2 N–H and O–H groups in total. The van der Waals surface area contributed by atoms with E-state index in [1.807, 2.05) is 0 Å². The third-order valence-corrected chi connectivity index (χ3v) is 3.07. The van der Waals surface area contributed by atoms with Gasteiger partial charge < -0.3 is 19.8 Å². The molecule has 0 aliphatic carbocycles. The van der Waals surface area contributed by atoms with Crippen molar-refractivity contribution >= 4 is 33.4 Å². The van der Waals surface area contributed by atoms with Crippen LogP contribution in [0.3, 0.4) is 0 Å². The Kier molecular flexibility index (Phi) is 5.16. The van der Waals surface area contributed by atoms with Gasteiger partial charge in [-0.2, -0.15) is 0 Å². The molecular weight excluding hydrogens is 359 g/mol. The summed E-state index contributed by atoms with van der Waals surface area (Å²) in [4.78, 5) is 23.5. The number of hydrogen-bond donors (Lipinski definition) is 2. The Balaban J connectivity index is 1.92. The molecule has 2 rings (SSSR count). The summed E-state index contributed by atoms with van der Waals surface area (Å²) in [6.07, 6.45) is 0. The average molecular weight is 371 g/mol. The molecule has 8 heteroatoms. The molecule has 0 saturated carbocycles. The van der Waals surface area contributed by atoms with Crippen LogP contribution in [0.4, 0.5) is 10.1 Å². The number of benzene rings is 1. The van der Waals surface area contributed by atoms with Crippen LogP contribution < -0.4 is 15.4 Å². The second kappa shape index (κ2) is 7.08. The second-order valence-electron chi connectivity index (χ2n) is 4.18. The number of methoxy groups -OCH3 is 1. The Bertz CT molecular complexity index is 702. The largest absolute Gasteiger partial charge is 0.494 e. The molecule has 1 aromatic heterocycles. The maximum atomic E-state index is 13.1. The van der Waals surface area contributed by atoms with E-state index in [1.54, 1.807) is 6.07 Å². The van der Waals surface area contributed by atoms with E-state index in [0.29, 0.717) is 10.4 Å². The van der Waals surface area contributed by atoms with Gasteiger partial charge in [0, 0.05) is 6.07 Å². The molecule has 0 fully saturated rings. The van der Waals surface area contributed by atoms with Gasteiger partial charge in [0.1, 0.15) is 11.6 Å². The van der Waals surface area contributed by atoms with Crippen molar-refractivity contribution in [2.75, 3.05) is 19.0 Å². The van der Waals surface area contributed by atoms with Crippen molar-refractivity contribution in [3.63, 3.8) is 0 Å². The van der Waals surface area contributed by atoms with Gasteiger partial charge in [0.25, 0.3) is 5.91 Å².